The van der Waals surface area contributed by atoms with Crippen molar-refractivity contribution in [1.82, 2.24) is 25.3 Å². The summed E-state index contributed by atoms with van der Waals surface area (Å²) in [5.74, 6) is 0.408. The Morgan fingerprint density at radius 3 is 2.56 bits per heavy atom. The summed E-state index contributed by atoms with van der Waals surface area (Å²) in [4.78, 5) is 48.8. The van der Waals surface area contributed by atoms with Crippen molar-refractivity contribution in [2.45, 2.75) is 74.9 Å². The lowest BCUT2D eigenvalue weighted by atomic mass is 9.97. The molecule has 66 heavy (non-hydrogen) atoms. The van der Waals surface area contributed by atoms with Gasteiger partial charge in [0, 0.05) is 64.1 Å². The van der Waals surface area contributed by atoms with Gasteiger partial charge in [-0.05, 0) is 67.8 Å². The first-order valence-electron chi connectivity index (χ1n) is 23.1. The number of imide groups is 1. The molecule has 17 nitrogen and oxygen atoms in total. The lowest BCUT2D eigenvalue weighted by molar-refractivity contribution is -0.634. The number of hydrogen-bond donors (Lipinski definition) is 3. The number of carbonyl (C=O) groups excluding carboxylic acids is 3. The molecule has 18 heteroatoms. The van der Waals surface area contributed by atoms with Crippen LogP contribution >= 0.6 is 0 Å². The summed E-state index contributed by atoms with van der Waals surface area (Å²) in [6.07, 6.45) is 3.85. The maximum Gasteiger partial charge on any atom is 0.319 e. The van der Waals surface area contributed by atoms with Crippen molar-refractivity contribution >= 4 is 46.4 Å². The lowest BCUT2D eigenvalue weighted by Crippen LogP contribution is -2.54. The fraction of sp³-hybridized carbons (Fsp3) is 0.458. The van der Waals surface area contributed by atoms with Gasteiger partial charge in [0.25, 0.3) is 5.72 Å². The van der Waals surface area contributed by atoms with Crippen LogP contribution in [0.15, 0.2) is 66.7 Å². The number of benzene rings is 3. The molecule has 0 spiro atoms. The fourth-order valence-corrected chi connectivity index (χ4v) is 11.3. The molecule has 4 N–H and O–H groups in total. The Hall–Kier alpha value is -6.69. The molecule has 2 unspecified atom stereocenters. The number of phenols is 1. The molecule has 8 heterocycles. The number of anilines is 4. The second kappa shape index (κ2) is 16.6. The number of nitrogen functional groups attached to an aromatic ring is 1. The van der Waals surface area contributed by atoms with Gasteiger partial charge in [0.2, 0.25) is 17.5 Å². The number of nitrogens with two attached hydrogens (primary N) is 1. The first-order valence-corrected chi connectivity index (χ1v) is 23.1. The summed E-state index contributed by atoms with van der Waals surface area (Å²) >= 11 is 0. The number of nitrogens with zero attached hydrogens (tertiary/aromatic N) is 8. The number of nitrogens with one attached hydrogen (secondary N) is 1. The van der Waals surface area contributed by atoms with Gasteiger partial charge < -0.3 is 49.6 Å². The Morgan fingerprint density at radius 1 is 0.955 bits per heavy atom. The van der Waals surface area contributed by atoms with Crippen molar-refractivity contribution < 1.29 is 42.7 Å². The molecule has 0 aliphatic carbocycles. The Labute approximate surface area is 381 Å². The first-order chi connectivity index (χ1) is 32.0. The van der Waals surface area contributed by atoms with E-state index < -0.39 is 17.6 Å². The van der Waals surface area contributed by atoms with Gasteiger partial charge in [-0.2, -0.15) is 4.58 Å². The van der Waals surface area contributed by atoms with Crippen molar-refractivity contribution in [1.29, 1.82) is 0 Å². The zero-order valence-electron chi connectivity index (χ0n) is 36.9. The van der Waals surface area contributed by atoms with Gasteiger partial charge in [0.05, 0.1) is 47.3 Å². The topological polar surface area (TPSA) is 182 Å². The van der Waals surface area contributed by atoms with Crippen LogP contribution in [-0.4, -0.2) is 144 Å². The predicted octanol–water partition coefficient (Wildman–Crippen LogP) is 4.07. The lowest BCUT2D eigenvalue weighted by Gasteiger charge is -2.42. The zero-order chi connectivity index (χ0) is 45.3. The monoisotopic (exact) mass is 901 g/mol. The molecule has 4 amide bonds. The molecule has 7 aliphatic heterocycles. The number of carbonyl (C=O) groups is 3. The highest BCUT2D eigenvalue weighted by Crippen LogP contribution is 2.48. The average molecular weight is 902 g/mol. The Morgan fingerprint density at radius 2 is 1.76 bits per heavy atom. The van der Waals surface area contributed by atoms with E-state index >= 15 is 4.39 Å². The Bertz CT molecular complexity index is 2630. The number of ether oxygens (including phenoxy) is 3. The minimum Gasteiger partial charge on any atom is -0.507 e. The van der Waals surface area contributed by atoms with Gasteiger partial charge in [0.1, 0.15) is 37.7 Å². The SMILES string of the molecule is CN(C(=O)N1CCC(Oc2cc(C34CC5C[N+]3=C(CO4)CN5c3cc(-c4ccccc4O)nnc3N)ccc2F)CC1)C1CCN(c2cccc3c2OCCN3[C@H]2CCC(=O)NC2=O)CC1. The van der Waals surface area contributed by atoms with E-state index in [9.17, 15) is 19.5 Å². The molecule has 4 aromatic rings. The molecule has 1 aromatic heterocycles. The number of phenolic OH excluding ortho intramolecular Hbond substituents is 1. The molecule has 4 fully saturated rings. The van der Waals surface area contributed by atoms with E-state index in [0.717, 1.165) is 60.0 Å². The largest absolute Gasteiger partial charge is 0.507 e. The maximum absolute atomic E-state index is 15.6. The number of urea groups is 1. The van der Waals surface area contributed by atoms with Crippen molar-refractivity contribution in [3.05, 3.63) is 78.1 Å². The van der Waals surface area contributed by atoms with Crippen LogP contribution < -0.4 is 35.2 Å². The normalized spacial score (nSPS) is 24.3. The van der Waals surface area contributed by atoms with E-state index in [0.29, 0.717) is 95.1 Å². The van der Waals surface area contributed by atoms with Crippen LogP contribution in [0.3, 0.4) is 0 Å². The van der Waals surface area contributed by atoms with Crippen LogP contribution in [-0.2, 0) is 20.1 Å². The number of halogens is 1. The third kappa shape index (κ3) is 7.25. The molecule has 4 saturated heterocycles. The molecule has 3 aromatic carbocycles. The van der Waals surface area contributed by atoms with E-state index in [1.54, 1.807) is 30.3 Å². The maximum atomic E-state index is 15.6. The fourth-order valence-electron chi connectivity index (χ4n) is 11.3. The van der Waals surface area contributed by atoms with Crippen LogP contribution in [0, 0.1) is 5.82 Å². The van der Waals surface area contributed by atoms with Crippen molar-refractivity contribution in [3.63, 3.8) is 0 Å². The number of rotatable bonds is 8. The van der Waals surface area contributed by atoms with E-state index in [4.69, 9.17) is 19.9 Å². The Kier molecular flexibility index (Phi) is 10.6. The Balaban J connectivity index is 0.704. The predicted molar refractivity (Wildman–Crippen MR) is 243 cm³/mol. The number of aromatic hydroxyl groups is 1. The van der Waals surface area contributed by atoms with Gasteiger partial charge in [0.15, 0.2) is 29.7 Å². The molecule has 0 saturated carbocycles. The minimum absolute atomic E-state index is 0.0147. The number of aromatic nitrogens is 2. The van der Waals surface area contributed by atoms with E-state index in [1.807, 2.05) is 47.2 Å². The molecule has 0 radical (unpaired) electrons. The first kappa shape index (κ1) is 42.0. The standard InChI is InChI=1S/C48H53FN10O7/c1-54(30-13-17-55(18-14-30)37-6-4-7-38-44(37)64-22-21-57(38)39-11-12-43(61)51-46(39)62)47(63)56-19-15-33(16-20-56)66-42-23-29(9-10-35(42)49)48-25-31-27-59(48)32(28-65-48)26-58(31)40-24-36(52-53-45(40)50)34-5-2-3-8-41(34)60/h2-10,23-24,30-31,33,39H,11-22,25-28H2,1H3,(H3-,50,51,52,53,60,61,62)/p+1/t31?,39-,48?/m0/s1. The third-order valence-electron chi connectivity index (χ3n) is 14.8. The number of fused-ring (bicyclic) bond motifs is 2. The second-order valence-electron chi connectivity index (χ2n) is 18.4. The number of para-hydroxylation sites is 2. The van der Waals surface area contributed by atoms with Crippen LogP contribution in [0.2, 0.25) is 0 Å². The van der Waals surface area contributed by atoms with Crippen molar-refractivity contribution in [2.75, 3.05) is 86.5 Å². The van der Waals surface area contributed by atoms with Gasteiger partial charge in [-0.25, -0.2) is 9.18 Å². The van der Waals surface area contributed by atoms with Gasteiger partial charge in [-0.1, -0.05) is 18.2 Å². The van der Waals surface area contributed by atoms with Gasteiger partial charge in [-0.15, -0.1) is 10.2 Å². The molecule has 3 atom stereocenters. The number of hydrogen-bond acceptors (Lipinski definition) is 13. The van der Waals surface area contributed by atoms with Crippen molar-refractivity contribution in [2.24, 2.45) is 0 Å². The molecular weight excluding hydrogens is 848 g/mol. The summed E-state index contributed by atoms with van der Waals surface area (Å²) < 4.78 is 37.1. The molecule has 2 bridgehead atoms. The summed E-state index contributed by atoms with van der Waals surface area (Å²) in [5, 5.41) is 21.6. The zero-order valence-corrected chi connectivity index (χ0v) is 36.9. The highest BCUT2D eigenvalue weighted by Gasteiger charge is 2.63. The van der Waals surface area contributed by atoms with E-state index in [-0.39, 0.29) is 47.5 Å². The number of likely N-dealkylation sites (tertiary alicyclic amines) is 1. The van der Waals surface area contributed by atoms with Gasteiger partial charge in [-0.3, -0.25) is 14.9 Å². The molecule has 344 valence electrons. The summed E-state index contributed by atoms with van der Waals surface area (Å²) in [6.45, 7) is 5.17. The van der Waals surface area contributed by atoms with E-state index in [1.165, 1.54) is 6.07 Å². The van der Waals surface area contributed by atoms with E-state index in [2.05, 4.69) is 34.8 Å². The molecule has 7 aliphatic rings. The quantitative estimate of drug-likeness (QED) is 0.170. The highest BCUT2D eigenvalue weighted by molar-refractivity contribution is 6.02. The summed E-state index contributed by atoms with van der Waals surface area (Å²) in [6, 6.07) is 19.6. The molecule has 11 rings (SSSR count). The van der Waals surface area contributed by atoms with Crippen LogP contribution in [0.1, 0.15) is 50.5 Å². The van der Waals surface area contributed by atoms with Crippen LogP contribution in [0.4, 0.5) is 32.1 Å². The second-order valence-corrected chi connectivity index (χ2v) is 18.4. The minimum atomic E-state index is -0.792. The molecular formula is C48H54FN10O7+. The number of piperidine rings is 3. The highest BCUT2D eigenvalue weighted by atomic mass is 19.1. The smallest absolute Gasteiger partial charge is 0.319 e. The third-order valence-corrected chi connectivity index (χ3v) is 14.8. The van der Waals surface area contributed by atoms with Crippen molar-refractivity contribution in [3.8, 4) is 28.5 Å². The van der Waals surface area contributed by atoms with Crippen LogP contribution in [0.5, 0.6) is 17.2 Å². The average Bonchev–Trinajstić information content (AvgIpc) is 3.86. The van der Waals surface area contributed by atoms with Crippen LogP contribution in [0.25, 0.3) is 11.3 Å². The van der Waals surface area contributed by atoms with Gasteiger partial charge >= 0.3 is 6.03 Å². The number of amides is 4. The summed E-state index contributed by atoms with van der Waals surface area (Å²) in [5.41, 5.74) is 11.2. The summed E-state index contributed by atoms with van der Waals surface area (Å²) in [7, 11) is 1.88.